The van der Waals surface area contributed by atoms with Gasteiger partial charge in [-0.3, -0.25) is 4.79 Å². The molecule has 1 heterocycles. The van der Waals surface area contributed by atoms with Gasteiger partial charge in [-0.15, -0.1) is 0 Å². The van der Waals surface area contributed by atoms with Gasteiger partial charge in [-0.05, 0) is 87.4 Å². The monoisotopic (exact) mass is 677 g/mol. The Kier molecular flexibility index (Phi) is 12.5. The molecule has 0 radical (unpaired) electrons. The molecule has 0 aliphatic carbocycles. The molecule has 10 heteroatoms. The molecule has 3 N–H and O–H groups in total. The number of ether oxygens (including phenoxy) is 1. The van der Waals surface area contributed by atoms with Crippen LogP contribution in [0.1, 0.15) is 72.9 Å². The summed E-state index contributed by atoms with van der Waals surface area (Å²) in [5, 5.41) is 9.79. The van der Waals surface area contributed by atoms with Crippen LogP contribution in [0.5, 0.6) is 0 Å². The standard InChI is InChI=1S/C36H47Cl2F2N3O3/c1-22(37)10-9-11-27(39)30-31(43-29(21-34(2,3)4)36(30,8)26-17-14-24(38)20-28(26)40)32(44)42-25-15-12-23(13-16-25)18-19-41-33(45)46-35(5,6)7/h9-17,20,27,29-31,43H,18-19,21H2,1-8H3,(H,41,45)(H,42,44)/b11-9-,22-10+/t27?,29-,30-,31+,36-/m0/s1. The first-order valence-corrected chi connectivity index (χ1v) is 16.3. The molecule has 2 aromatic carbocycles. The van der Waals surface area contributed by atoms with Crippen molar-refractivity contribution in [3.8, 4) is 0 Å². The molecule has 1 unspecified atom stereocenters. The molecule has 2 aromatic rings. The van der Waals surface area contributed by atoms with E-state index in [0.717, 1.165) is 5.56 Å². The van der Waals surface area contributed by atoms with Crippen LogP contribution in [0.3, 0.4) is 0 Å². The summed E-state index contributed by atoms with van der Waals surface area (Å²) < 4.78 is 37.4. The van der Waals surface area contributed by atoms with Gasteiger partial charge in [-0.1, -0.05) is 81.2 Å². The topological polar surface area (TPSA) is 79.5 Å². The number of nitrogens with one attached hydrogen (secondary N) is 3. The number of hydrogen-bond donors (Lipinski definition) is 3. The minimum atomic E-state index is -1.62. The van der Waals surface area contributed by atoms with Crippen molar-refractivity contribution in [3.05, 3.63) is 87.7 Å². The van der Waals surface area contributed by atoms with Crippen LogP contribution < -0.4 is 16.0 Å². The predicted molar refractivity (Wildman–Crippen MR) is 184 cm³/mol. The number of alkyl carbamates (subject to hydrolysis) is 1. The second-order valence-electron chi connectivity index (χ2n) is 14.3. The number of amides is 2. The Hall–Kier alpha value is -2.94. The lowest BCUT2D eigenvalue weighted by molar-refractivity contribution is -0.119. The summed E-state index contributed by atoms with van der Waals surface area (Å²) in [5.74, 6) is -1.96. The van der Waals surface area contributed by atoms with Crippen molar-refractivity contribution < 1.29 is 23.1 Å². The minimum Gasteiger partial charge on any atom is -0.444 e. The number of carbonyl (C=O) groups is 2. The van der Waals surface area contributed by atoms with Crippen molar-refractivity contribution in [2.24, 2.45) is 11.3 Å². The quantitative estimate of drug-likeness (QED) is 0.220. The van der Waals surface area contributed by atoms with Crippen molar-refractivity contribution in [2.75, 3.05) is 11.9 Å². The van der Waals surface area contributed by atoms with E-state index < -0.39 is 53.0 Å². The van der Waals surface area contributed by atoms with Crippen LogP contribution in [0.4, 0.5) is 19.3 Å². The molecule has 2 amide bonds. The third-order valence-electron chi connectivity index (χ3n) is 8.03. The second kappa shape index (κ2) is 15.3. The highest BCUT2D eigenvalue weighted by Crippen LogP contribution is 2.49. The number of anilines is 1. The van der Waals surface area contributed by atoms with E-state index in [1.54, 1.807) is 58.0 Å². The van der Waals surface area contributed by atoms with Gasteiger partial charge in [0.15, 0.2) is 0 Å². The first-order chi connectivity index (χ1) is 21.3. The molecular formula is C36H47Cl2F2N3O3. The van der Waals surface area contributed by atoms with Crippen molar-refractivity contribution in [3.63, 3.8) is 0 Å². The van der Waals surface area contributed by atoms with Gasteiger partial charge in [0.25, 0.3) is 0 Å². The molecule has 3 rings (SSSR count). The van der Waals surface area contributed by atoms with E-state index in [1.807, 2.05) is 19.1 Å². The predicted octanol–water partition coefficient (Wildman–Crippen LogP) is 8.87. The Morgan fingerprint density at radius 1 is 1.11 bits per heavy atom. The van der Waals surface area contributed by atoms with Gasteiger partial charge in [-0.2, -0.15) is 0 Å². The number of benzene rings is 2. The molecule has 6 nitrogen and oxygen atoms in total. The number of alkyl halides is 1. The van der Waals surface area contributed by atoms with Gasteiger partial charge >= 0.3 is 6.09 Å². The summed E-state index contributed by atoms with van der Waals surface area (Å²) in [5.41, 5.74) is -0.158. The molecule has 252 valence electrons. The number of carbonyl (C=O) groups excluding carboxylic acids is 2. The van der Waals surface area contributed by atoms with Gasteiger partial charge in [0.05, 0.1) is 6.04 Å². The molecule has 1 aliphatic heterocycles. The SMILES string of the molecule is C/C(Cl)=C\C=C/C(F)[C@H]1[C@H](C(=O)Nc2ccc(CCNC(=O)OC(C)(C)C)cc2)N[C@@H](CC(C)(C)C)[C@]1(C)c1ccc(Cl)cc1F. The molecule has 0 saturated carbocycles. The Balaban J connectivity index is 1.90. The van der Waals surface area contributed by atoms with Crippen LogP contribution in [0.25, 0.3) is 0 Å². The zero-order chi connectivity index (χ0) is 34.4. The van der Waals surface area contributed by atoms with E-state index in [2.05, 4.69) is 36.7 Å². The Labute approximate surface area is 282 Å². The van der Waals surface area contributed by atoms with Crippen LogP contribution in [0.15, 0.2) is 65.7 Å². The number of hydrogen-bond acceptors (Lipinski definition) is 4. The molecule has 1 fully saturated rings. The second-order valence-corrected chi connectivity index (χ2v) is 15.4. The zero-order valence-electron chi connectivity index (χ0n) is 27.9. The van der Waals surface area contributed by atoms with E-state index in [-0.39, 0.29) is 10.4 Å². The molecule has 0 bridgehead atoms. The molecule has 1 saturated heterocycles. The van der Waals surface area contributed by atoms with Gasteiger partial charge < -0.3 is 20.7 Å². The fourth-order valence-electron chi connectivity index (χ4n) is 6.01. The number of allylic oxidation sites excluding steroid dienone is 4. The third-order valence-corrected chi connectivity index (χ3v) is 8.39. The van der Waals surface area contributed by atoms with Crippen LogP contribution in [-0.4, -0.2) is 42.4 Å². The van der Waals surface area contributed by atoms with Crippen molar-refractivity contribution in [1.82, 2.24) is 10.6 Å². The molecule has 0 aromatic heterocycles. The van der Waals surface area contributed by atoms with Gasteiger partial charge in [0.2, 0.25) is 5.91 Å². The fourth-order valence-corrected chi connectivity index (χ4v) is 6.25. The van der Waals surface area contributed by atoms with E-state index in [1.165, 1.54) is 18.2 Å². The van der Waals surface area contributed by atoms with Crippen molar-refractivity contribution in [2.45, 2.75) is 97.5 Å². The summed E-state index contributed by atoms with van der Waals surface area (Å²) in [4.78, 5) is 25.9. The van der Waals surface area contributed by atoms with Crippen molar-refractivity contribution >= 4 is 40.9 Å². The van der Waals surface area contributed by atoms with Crippen LogP contribution >= 0.6 is 23.2 Å². The zero-order valence-corrected chi connectivity index (χ0v) is 29.5. The summed E-state index contributed by atoms with van der Waals surface area (Å²) >= 11 is 12.1. The molecule has 5 atom stereocenters. The largest absolute Gasteiger partial charge is 0.444 e. The first-order valence-electron chi connectivity index (χ1n) is 15.5. The molecular weight excluding hydrogens is 631 g/mol. The van der Waals surface area contributed by atoms with Gasteiger partial charge in [0, 0.05) is 39.7 Å². The normalized spacial score (nSPS) is 23.0. The Morgan fingerprint density at radius 2 is 1.76 bits per heavy atom. The third kappa shape index (κ3) is 10.3. The Morgan fingerprint density at radius 3 is 2.33 bits per heavy atom. The van der Waals surface area contributed by atoms with Crippen LogP contribution in [-0.2, 0) is 21.4 Å². The Bertz CT molecular complexity index is 1430. The summed E-state index contributed by atoms with van der Waals surface area (Å²) in [6.07, 6.45) is 3.46. The van der Waals surface area contributed by atoms with Gasteiger partial charge in [0.1, 0.15) is 17.6 Å². The number of halogens is 4. The first kappa shape index (κ1) is 37.5. The molecule has 1 aliphatic rings. The van der Waals surface area contributed by atoms with Crippen LogP contribution in [0.2, 0.25) is 5.02 Å². The molecule has 46 heavy (non-hydrogen) atoms. The van der Waals surface area contributed by atoms with Crippen molar-refractivity contribution in [1.29, 1.82) is 0 Å². The average Bonchev–Trinajstić information content (AvgIpc) is 3.19. The summed E-state index contributed by atoms with van der Waals surface area (Å²) in [7, 11) is 0. The van der Waals surface area contributed by atoms with E-state index >= 15 is 8.78 Å². The van der Waals surface area contributed by atoms with E-state index in [4.69, 9.17) is 27.9 Å². The maximum Gasteiger partial charge on any atom is 0.407 e. The lowest BCUT2D eigenvalue weighted by atomic mass is 9.63. The highest BCUT2D eigenvalue weighted by atomic mass is 35.5. The minimum absolute atomic E-state index is 0.216. The molecule has 0 spiro atoms. The fraction of sp³-hybridized carbons (Fsp3) is 0.500. The highest BCUT2D eigenvalue weighted by Gasteiger charge is 2.58. The van der Waals surface area contributed by atoms with E-state index in [9.17, 15) is 9.59 Å². The highest BCUT2D eigenvalue weighted by molar-refractivity contribution is 6.30. The van der Waals surface area contributed by atoms with Gasteiger partial charge in [-0.25, -0.2) is 13.6 Å². The van der Waals surface area contributed by atoms with Crippen LogP contribution in [0, 0.1) is 17.2 Å². The average molecular weight is 679 g/mol. The maximum atomic E-state index is 16.5. The smallest absolute Gasteiger partial charge is 0.407 e. The summed E-state index contributed by atoms with van der Waals surface area (Å²) in [6.45, 7) is 15.5. The summed E-state index contributed by atoms with van der Waals surface area (Å²) in [6, 6.07) is 10.2. The number of rotatable bonds is 10. The maximum absolute atomic E-state index is 16.5. The lowest BCUT2D eigenvalue weighted by Gasteiger charge is -2.40. The lowest BCUT2D eigenvalue weighted by Crippen LogP contribution is -2.46. The van der Waals surface area contributed by atoms with E-state index in [0.29, 0.717) is 35.7 Å².